The van der Waals surface area contributed by atoms with Crippen molar-refractivity contribution in [1.29, 1.82) is 0 Å². The van der Waals surface area contributed by atoms with Crippen molar-refractivity contribution >= 4 is 11.0 Å². The number of benzene rings is 2. The van der Waals surface area contributed by atoms with Crippen LogP contribution < -0.4 is 33.8 Å². The number of aromatic hydroxyl groups is 1. The van der Waals surface area contributed by atoms with Gasteiger partial charge in [0.1, 0.15) is 5.39 Å². The van der Waals surface area contributed by atoms with Gasteiger partial charge in [0.25, 0.3) is 0 Å². The van der Waals surface area contributed by atoms with E-state index in [1.807, 2.05) is 0 Å². The van der Waals surface area contributed by atoms with Gasteiger partial charge in [-0.25, -0.2) is 0 Å². The molecule has 152 valence electrons. The van der Waals surface area contributed by atoms with Gasteiger partial charge >= 0.3 is 0 Å². The number of hydrogen-bond donors (Lipinski definition) is 1. The molecular formula is C20H18O9. The van der Waals surface area contributed by atoms with Gasteiger partial charge in [-0.3, -0.25) is 4.79 Å². The zero-order valence-corrected chi connectivity index (χ0v) is 16.2. The summed E-state index contributed by atoms with van der Waals surface area (Å²) in [6.45, 7) is 0.0917. The Kier molecular flexibility index (Phi) is 4.50. The van der Waals surface area contributed by atoms with E-state index in [-0.39, 0.29) is 46.5 Å². The molecule has 0 spiro atoms. The average molecular weight is 402 g/mol. The van der Waals surface area contributed by atoms with E-state index in [0.717, 1.165) is 0 Å². The van der Waals surface area contributed by atoms with E-state index < -0.39 is 11.2 Å². The second kappa shape index (κ2) is 7.01. The molecule has 1 aliphatic heterocycles. The molecule has 0 saturated heterocycles. The third kappa shape index (κ3) is 2.65. The van der Waals surface area contributed by atoms with Crippen molar-refractivity contribution in [2.75, 3.05) is 35.2 Å². The van der Waals surface area contributed by atoms with Crippen LogP contribution in [0.15, 0.2) is 27.4 Å². The molecule has 3 aromatic rings. The Hall–Kier alpha value is -3.75. The predicted molar refractivity (Wildman–Crippen MR) is 102 cm³/mol. The quantitative estimate of drug-likeness (QED) is 0.689. The van der Waals surface area contributed by atoms with Crippen LogP contribution >= 0.6 is 0 Å². The van der Waals surface area contributed by atoms with E-state index in [4.69, 9.17) is 32.8 Å². The summed E-state index contributed by atoms with van der Waals surface area (Å²) in [5, 5.41) is 10.6. The van der Waals surface area contributed by atoms with Crippen molar-refractivity contribution < 1.29 is 37.9 Å². The van der Waals surface area contributed by atoms with E-state index in [1.54, 1.807) is 18.2 Å². The first-order valence-electron chi connectivity index (χ1n) is 8.51. The molecule has 0 bridgehead atoms. The van der Waals surface area contributed by atoms with Crippen molar-refractivity contribution in [2.45, 2.75) is 0 Å². The number of hydrogen-bond acceptors (Lipinski definition) is 9. The van der Waals surface area contributed by atoms with Crippen LogP contribution in [-0.4, -0.2) is 40.3 Å². The van der Waals surface area contributed by atoms with Crippen molar-refractivity contribution in [1.82, 2.24) is 0 Å². The van der Waals surface area contributed by atoms with Crippen LogP contribution in [0.3, 0.4) is 0 Å². The van der Waals surface area contributed by atoms with E-state index in [0.29, 0.717) is 17.1 Å². The summed E-state index contributed by atoms with van der Waals surface area (Å²) in [6.07, 6.45) is 0. The largest absolute Gasteiger partial charge is 0.502 e. The SMILES string of the molecule is COc1c(OC)c(OC)c2c(=O)c(O)c(-c3ccc4c(c3)OCO4)oc2c1OC. The van der Waals surface area contributed by atoms with Gasteiger partial charge in [0, 0.05) is 5.56 Å². The first kappa shape index (κ1) is 18.6. The summed E-state index contributed by atoms with van der Waals surface area (Å²) in [5.41, 5.74) is -0.256. The van der Waals surface area contributed by atoms with Crippen molar-refractivity contribution in [2.24, 2.45) is 0 Å². The van der Waals surface area contributed by atoms with E-state index in [2.05, 4.69) is 0 Å². The highest BCUT2D eigenvalue weighted by atomic mass is 16.7. The lowest BCUT2D eigenvalue weighted by Crippen LogP contribution is -2.08. The monoisotopic (exact) mass is 402 g/mol. The lowest BCUT2D eigenvalue weighted by Gasteiger charge is -2.18. The molecule has 9 nitrogen and oxygen atoms in total. The van der Waals surface area contributed by atoms with Crippen molar-refractivity contribution in [3.05, 3.63) is 28.4 Å². The fraction of sp³-hybridized carbons (Fsp3) is 0.250. The molecule has 0 unspecified atom stereocenters. The third-order valence-electron chi connectivity index (χ3n) is 4.59. The molecule has 9 heteroatoms. The minimum absolute atomic E-state index is 0.0380. The van der Waals surface area contributed by atoms with Gasteiger partial charge in [-0.1, -0.05) is 0 Å². The van der Waals surface area contributed by atoms with Gasteiger partial charge in [-0.2, -0.15) is 0 Å². The number of rotatable bonds is 5. The second-order valence-corrected chi connectivity index (χ2v) is 6.01. The average Bonchev–Trinajstić information content (AvgIpc) is 3.21. The normalized spacial score (nSPS) is 12.1. The molecule has 0 fully saturated rings. The zero-order valence-electron chi connectivity index (χ0n) is 16.2. The molecule has 2 heterocycles. The van der Waals surface area contributed by atoms with Gasteiger partial charge < -0.3 is 37.9 Å². The zero-order chi connectivity index (χ0) is 20.7. The van der Waals surface area contributed by atoms with E-state index in [1.165, 1.54) is 28.4 Å². The Morgan fingerprint density at radius 2 is 1.48 bits per heavy atom. The summed E-state index contributed by atoms with van der Waals surface area (Å²) >= 11 is 0. The number of ether oxygens (including phenoxy) is 6. The minimum atomic E-state index is -0.713. The van der Waals surface area contributed by atoms with E-state index >= 15 is 0 Å². The fourth-order valence-corrected chi connectivity index (χ4v) is 3.30. The molecular weight excluding hydrogens is 384 g/mol. The van der Waals surface area contributed by atoms with Gasteiger partial charge in [-0.05, 0) is 18.2 Å². The summed E-state index contributed by atoms with van der Waals surface area (Å²) in [5.74, 6) is 0.883. The highest BCUT2D eigenvalue weighted by Gasteiger charge is 2.30. The maximum atomic E-state index is 13.1. The Labute approximate surface area is 164 Å². The van der Waals surface area contributed by atoms with Crippen LogP contribution in [0.5, 0.6) is 40.2 Å². The van der Waals surface area contributed by atoms with Gasteiger partial charge in [-0.15, -0.1) is 0 Å². The molecule has 0 amide bonds. The summed E-state index contributed by atoms with van der Waals surface area (Å²) in [7, 11) is 5.58. The molecule has 0 saturated carbocycles. The highest BCUT2D eigenvalue weighted by molar-refractivity contribution is 5.96. The minimum Gasteiger partial charge on any atom is -0.502 e. The molecule has 1 aliphatic rings. The van der Waals surface area contributed by atoms with Crippen LogP contribution in [0.1, 0.15) is 0 Å². The topological polar surface area (TPSA) is 106 Å². The third-order valence-corrected chi connectivity index (χ3v) is 4.59. The molecule has 1 aromatic heterocycles. The molecule has 0 atom stereocenters. The lowest BCUT2D eigenvalue weighted by molar-refractivity contribution is 0.174. The fourth-order valence-electron chi connectivity index (χ4n) is 3.30. The Bertz CT molecular complexity index is 1160. The molecule has 0 radical (unpaired) electrons. The first-order chi connectivity index (χ1) is 14.0. The molecule has 2 aromatic carbocycles. The maximum absolute atomic E-state index is 13.1. The smallest absolute Gasteiger partial charge is 0.239 e. The van der Waals surface area contributed by atoms with Crippen molar-refractivity contribution in [3.8, 4) is 51.6 Å². The highest BCUT2D eigenvalue weighted by Crippen LogP contribution is 2.51. The van der Waals surface area contributed by atoms with Gasteiger partial charge in [0.05, 0.1) is 28.4 Å². The lowest BCUT2D eigenvalue weighted by atomic mass is 10.1. The standard InChI is InChI=1S/C20H18O9/c1-23-16-12-13(21)14(22)15(9-5-6-10-11(7-9)28-8-27-10)29-17(12)19(25-3)20(26-4)18(16)24-2/h5-7,22H,8H2,1-4H3. The second-order valence-electron chi connectivity index (χ2n) is 6.01. The Morgan fingerprint density at radius 1 is 0.862 bits per heavy atom. The first-order valence-corrected chi connectivity index (χ1v) is 8.51. The van der Waals surface area contributed by atoms with Crippen molar-refractivity contribution in [3.63, 3.8) is 0 Å². The molecule has 29 heavy (non-hydrogen) atoms. The number of methoxy groups -OCH3 is 4. The van der Waals surface area contributed by atoms with Gasteiger partial charge in [0.2, 0.25) is 35.2 Å². The Morgan fingerprint density at radius 3 is 2.14 bits per heavy atom. The summed E-state index contributed by atoms with van der Waals surface area (Å²) in [6, 6.07) is 4.91. The Balaban J connectivity index is 2.10. The molecule has 4 rings (SSSR count). The summed E-state index contributed by atoms with van der Waals surface area (Å²) in [4.78, 5) is 13.1. The summed E-state index contributed by atoms with van der Waals surface area (Å²) < 4.78 is 38.1. The van der Waals surface area contributed by atoms with Gasteiger partial charge in [0.15, 0.2) is 28.6 Å². The van der Waals surface area contributed by atoms with Crippen LogP contribution in [-0.2, 0) is 0 Å². The molecule has 1 N–H and O–H groups in total. The van der Waals surface area contributed by atoms with Crippen LogP contribution in [0.4, 0.5) is 0 Å². The van der Waals surface area contributed by atoms with E-state index in [9.17, 15) is 9.90 Å². The van der Waals surface area contributed by atoms with Crippen LogP contribution in [0.2, 0.25) is 0 Å². The molecule has 0 aliphatic carbocycles. The van der Waals surface area contributed by atoms with Crippen LogP contribution in [0, 0.1) is 0 Å². The number of fused-ring (bicyclic) bond motifs is 2. The van der Waals surface area contributed by atoms with Crippen LogP contribution in [0.25, 0.3) is 22.3 Å². The predicted octanol–water partition coefficient (Wildman–Crippen LogP) is 2.93. The maximum Gasteiger partial charge on any atom is 0.239 e.